The van der Waals surface area contributed by atoms with Gasteiger partial charge in [0.05, 0.1) is 23.8 Å². The second-order valence-corrected chi connectivity index (χ2v) is 6.87. The molecule has 0 spiro atoms. The summed E-state index contributed by atoms with van der Waals surface area (Å²) in [5.74, 6) is 0.101. The van der Waals surface area contributed by atoms with Gasteiger partial charge in [-0.1, -0.05) is 6.92 Å². The van der Waals surface area contributed by atoms with Crippen LogP contribution in [-0.4, -0.2) is 34.8 Å². The van der Waals surface area contributed by atoms with Crippen molar-refractivity contribution in [3.05, 3.63) is 18.0 Å². The van der Waals surface area contributed by atoms with Crippen LogP contribution in [0.1, 0.15) is 31.4 Å². The lowest BCUT2D eigenvalue weighted by Crippen LogP contribution is -2.13. The molecule has 2 heterocycles. The number of aliphatic hydroxyl groups is 1. The Labute approximate surface area is 101 Å². The standard InChI is InChI=1S/C11H18N2O3S/c1-2-4-13-7-10(6-12-13)11(14)9-3-5-17(15,16)8-9/h6-7,9,11,14H,2-5,8H2,1H3. The van der Waals surface area contributed by atoms with Crippen LogP contribution in [0.25, 0.3) is 0 Å². The minimum absolute atomic E-state index is 0.0904. The minimum atomic E-state index is -2.94. The average Bonchev–Trinajstić information content (AvgIpc) is 2.85. The van der Waals surface area contributed by atoms with Crippen molar-refractivity contribution in [3.8, 4) is 0 Å². The fourth-order valence-corrected chi connectivity index (χ4v) is 4.06. The first-order chi connectivity index (χ1) is 8.02. The van der Waals surface area contributed by atoms with E-state index in [0.29, 0.717) is 6.42 Å². The van der Waals surface area contributed by atoms with Crippen molar-refractivity contribution in [2.24, 2.45) is 5.92 Å². The maximum Gasteiger partial charge on any atom is 0.150 e. The van der Waals surface area contributed by atoms with E-state index in [1.54, 1.807) is 17.1 Å². The highest BCUT2D eigenvalue weighted by atomic mass is 32.2. The van der Waals surface area contributed by atoms with Crippen LogP contribution < -0.4 is 0 Å². The highest BCUT2D eigenvalue weighted by molar-refractivity contribution is 7.91. The first-order valence-corrected chi connectivity index (χ1v) is 7.75. The molecule has 17 heavy (non-hydrogen) atoms. The quantitative estimate of drug-likeness (QED) is 0.865. The van der Waals surface area contributed by atoms with E-state index in [0.717, 1.165) is 18.5 Å². The summed E-state index contributed by atoms with van der Waals surface area (Å²) in [4.78, 5) is 0. The van der Waals surface area contributed by atoms with Gasteiger partial charge >= 0.3 is 0 Å². The zero-order valence-corrected chi connectivity index (χ0v) is 10.7. The highest BCUT2D eigenvalue weighted by Gasteiger charge is 2.33. The molecule has 0 radical (unpaired) electrons. The minimum Gasteiger partial charge on any atom is -0.388 e. The first kappa shape index (κ1) is 12.6. The SMILES string of the molecule is CCCn1cc(C(O)C2CCS(=O)(=O)C2)cn1. The van der Waals surface area contributed by atoms with Crippen molar-refractivity contribution in [1.82, 2.24) is 9.78 Å². The third-order valence-electron chi connectivity index (χ3n) is 3.16. The molecule has 0 bridgehead atoms. The van der Waals surface area contributed by atoms with Crippen molar-refractivity contribution in [3.63, 3.8) is 0 Å². The van der Waals surface area contributed by atoms with Gasteiger partial charge in [-0.15, -0.1) is 0 Å². The van der Waals surface area contributed by atoms with E-state index in [2.05, 4.69) is 12.0 Å². The molecule has 5 nitrogen and oxygen atoms in total. The van der Waals surface area contributed by atoms with Crippen LogP contribution >= 0.6 is 0 Å². The molecule has 1 aliphatic heterocycles. The van der Waals surface area contributed by atoms with Crippen LogP contribution in [0.4, 0.5) is 0 Å². The summed E-state index contributed by atoms with van der Waals surface area (Å²) < 4.78 is 24.5. The topological polar surface area (TPSA) is 72.2 Å². The zero-order chi connectivity index (χ0) is 12.5. The monoisotopic (exact) mass is 258 g/mol. The predicted molar refractivity (Wildman–Crippen MR) is 64.2 cm³/mol. The van der Waals surface area contributed by atoms with Crippen molar-refractivity contribution in [2.45, 2.75) is 32.4 Å². The molecule has 1 aromatic rings. The largest absolute Gasteiger partial charge is 0.388 e. The second-order valence-electron chi connectivity index (χ2n) is 4.64. The number of rotatable bonds is 4. The van der Waals surface area contributed by atoms with Gasteiger partial charge in [-0.2, -0.15) is 5.10 Å². The zero-order valence-electron chi connectivity index (χ0n) is 9.91. The van der Waals surface area contributed by atoms with Gasteiger partial charge in [-0.3, -0.25) is 4.68 Å². The van der Waals surface area contributed by atoms with Crippen molar-refractivity contribution in [1.29, 1.82) is 0 Å². The molecule has 2 atom stereocenters. The van der Waals surface area contributed by atoms with E-state index in [1.165, 1.54) is 0 Å². The number of aryl methyl sites for hydroxylation is 1. The van der Waals surface area contributed by atoms with Crippen molar-refractivity contribution >= 4 is 9.84 Å². The second kappa shape index (κ2) is 4.78. The van der Waals surface area contributed by atoms with Crippen LogP contribution in [-0.2, 0) is 16.4 Å². The Balaban J connectivity index is 2.06. The van der Waals surface area contributed by atoms with E-state index in [9.17, 15) is 13.5 Å². The summed E-state index contributed by atoms with van der Waals surface area (Å²) in [5.41, 5.74) is 0.723. The molecule has 0 saturated carbocycles. The number of sulfone groups is 1. The van der Waals surface area contributed by atoms with Gasteiger partial charge in [0.2, 0.25) is 0 Å². The van der Waals surface area contributed by atoms with Crippen molar-refractivity contribution < 1.29 is 13.5 Å². The lowest BCUT2D eigenvalue weighted by Gasteiger charge is -2.14. The molecule has 1 saturated heterocycles. The van der Waals surface area contributed by atoms with Gasteiger partial charge in [-0.25, -0.2) is 8.42 Å². The molecule has 0 aliphatic carbocycles. The molecule has 0 amide bonds. The number of aromatic nitrogens is 2. The van der Waals surface area contributed by atoms with Crippen LogP contribution in [0, 0.1) is 5.92 Å². The van der Waals surface area contributed by atoms with Crippen LogP contribution in [0.3, 0.4) is 0 Å². The summed E-state index contributed by atoms with van der Waals surface area (Å²) in [6, 6.07) is 0. The summed E-state index contributed by atoms with van der Waals surface area (Å²) in [5, 5.41) is 14.3. The van der Waals surface area contributed by atoms with Gasteiger partial charge in [0.1, 0.15) is 0 Å². The van der Waals surface area contributed by atoms with Crippen LogP contribution in [0.5, 0.6) is 0 Å². The highest BCUT2D eigenvalue weighted by Crippen LogP contribution is 2.30. The van der Waals surface area contributed by atoms with Crippen molar-refractivity contribution in [2.75, 3.05) is 11.5 Å². The Morgan fingerprint density at radius 2 is 2.41 bits per heavy atom. The summed E-state index contributed by atoms with van der Waals surface area (Å²) in [7, 11) is -2.94. The van der Waals surface area contributed by atoms with E-state index < -0.39 is 15.9 Å². The molecular formula is C11H18N2O3S. The van der Waals surface area contributed by atoms with E-state index >= 15 is 0 Å². The van der Waals surface area contributed by atoms with E-state index in [1.807, 2.05) is 0 Å². The smallest absolute Gasteiger partial charge is 0.150 e. The Morgan fingerprint density at radius 3 is 3.00 bits per heavy atom. The Hall–Kier alpha value is -0.880. The molecule has 1 N–H and O–H groups in total. The third-order valence-corrected chi connectivity index (χ3v) is 4.96. The molecule has 2 unspecified atom stereocenters. The molecule has 1 aromatic heterocycles. The van der Waals surface area contributed by atoms with E-state index in [-0.39, 0.29) is 17.4 Å². The molecule has 1 aliphatic rings. The molecule has 96 valence electrons. The Bertz CT molecular complexity index is 481. The number of nitrogens with zero attached hydrogens (tertiary/aromatic N) is 2. The van der Waals surface area contributed by atoms with Gasteiger partial charge in [0, 0.05) is 24.2 Å². The Kier molecular flexibility index (Phi) is 3.53. The maximum absolute atomic E-state index is 11.4. The lowest BCUT2D eigenvalue weighted by atomic mass is 9.98. The van der Waals surface area contributed by atoms with Gasteiger partial charge < -0.3 is 5.11 Å². The first-order valence-electron chi connectivity index (χ1n) is 5.92. The van der Waals surface area contributed by atoms with Gasteiger partial charge in [0.25, 0.3) is 0 Å². The van der Waals surface area contributed by atoms with Crippen LogP contribution in [0.2, 0.25) is 0 Å². The summed E-state index contributed by atoms with van der Waals surface area (Å²) >= 11 is 0. The van der Waals surface area contributed by atoms with E-state index in [4.69, 9.17) is 0 Å². The molecular weight excluding hydrogens is 240 g/mol. The number of hydrogen-bond acceptors (Lipinski definition) is 4. The normalized spacial score (nSPS) is 24.9. The van der Waals surface area contributed by atoms with Gasteiger partial charge in [0.15, 0.2) is 9.84 Å². The van der Waals surface area contributed by atoms with Crippen LogP contribution in [0.15, 0.2) is 12.4 Å². The predicted octanol–water partition coefficient (Wildman–Crippen LogP) is 0.761. The molecule has 0 aromatic carbocycles. The summed E-state index contributed by atoms with van der Waals surface area (Å²) in [6.07, 6.45) is 4.25. The molecule has 1 fully saturated rings. The summed E-state index contributed by atoms with van der Waals surface area (Å²) in [6.45, 7) is 2.87. The number of aliphatic hydroxyl groups excluding tert-OH is 1. The fraction of sp³-hybridized carbons (Fsp3) is 0.727. The third kappa shape index (κ3) is 2.87. The van der Waals surface area contributed by atoms with Gasteiger partial charge in [-0.05, 0) is 12.8 Å². The maximum atomic E-state index is 11.4. The molecule has 2 rings (SSSR count). The lowest BCUT2D eigenvalue weighted by molar-refractivity contribution is 0.121. The number of hydrogen-bond donors (Lipinski definition) is 1. The Morgan fingerprint density at radius 1 is 1.65 bits per heavy atom. The molecule has 6 heteroatoms. The fourth-order valence-electron chi connectivity index (χ4n) is 2.23. The average molecular weight is 258 g/mol.